The van der Waals surface area contributed by atoms with Crippen molar-refractivity contribution >= 4 is 11.3 Å². The topological polar surface area (TPSA) is 21.3 Å². The van der Waals surface area contributed by atoms with E-state index in [0.29, 0.717) is 18.2 Å². The summed E-state index contributed by atoms with van der Waals surface area (Å²) in [6, 6.07) is 5.44. The molecule has 0 bridgehead atoms. The summed E-state index contributed by atoms with van der Waals surface area (Å²) in [5, 5.41) is 6.02. The molecule has 0 radical (unpaired) electrons. The molecule has 1 aromatic heterocycles. The molecule has 1 aliphatic carbocycles. The lowest BCUT2D eigenvalue weighted by Crippen LogP contribution is -2.44. The van der Waals surface area contributed by atoms with Gasteiger partial charge in [-0.15, -0.1) is 11.3 Å². The summed E-state index contributed by atoms with van der Waals surface area (Å²) >= 11 is 1.87. The fraction of sp³-hybridized carbons (Fsp3) is 0.733. The van der Waals surface area contributed by atoms with Crippen molar-refractivity contribution in [2.24, 2.45) is 0 Å². The highest BCUT2D eigenvalue weighted by Gasteiger charge is 2.27. The summed E-state index contributed by atoms with van der Waals surface area (Å²) < 4.78 is 5.64. The summed E-state index contributed by atoms with van der Waals surface area (Å²) in [5.74, 6) is 0. The standard InChI is InChI=1S/C15H25NOS/c1-3-7-13(15-10-6-11-18-15)16-12-8-4-5-9-14(12)17-2/h6,10-14,16H,3-5,7-9H2,1-2H3. The van der Waals surface area contributed by atoms with Crippen LogP contribution in [0.1, 0.15) is 56.4 Å². The molecule has 0 aromatic carbocycles. The summed E-state index contributed by atoms with van der Waals surface area (Å²) in [5.41, 5.74) is 0. The van der Waals surface area contributed by atoms with Crippen LogP contribution in [0, 0.1) is 0 Å². The van der Waals surface area contributed by atoms with Gasteiger partial charge in [0.25, 0.3) is 0 Å². The molecular formula is C15H25NOS. The van der Waals surface area contributed by atoms with Crippen LogP contribution in [0.5, 0.6) is 0 Å². The lowest BCUT2D eigenvalue weighted by Gasteiger charge is -2.34. The third kappa shape index (κ3) is 3.56. The van der Waals surface area contributed by atoms with Crippen molar-refractivity contribution in [1.82, 2.24) is 5.32 Å². The van der Waals surface area contributed by atoms with E-state index >= 15 is 0 Å². The Morgan fingerprint density at radius 1 is 1.44 bits per heavy atom. The average Bonchev–Trinajstić information content (AvgIpc) is 2.92. The van der Waals surface area contributed by atoms with Gasteiger partial charge in [0.2, 0.25) is 0 Å². The molecule has 1 saturated carbocycles. The molecule has 3 unspecified atom stereocenters. The van der Waals surface area contributed by atoms with E-state index in [2.05, 4.69) is 29.8 Å². The molecule has 2 rings (SSSR count). The van der Waals surface area contributed by atoms with E-state index in [1.807, 2.05) is 18.4 Å². The van der Waals surface area contributed by atoms with Crippen molar-refractivity contribution in [2.45, 2.75) is 63.6 Å². The Hall–Kier alpha value is -0.380. The molecule has 3 heteroatoms. The fourth-order valence-corrected chi connectivity index (χ4v) is 3.74. The van der Waals surface area contributed by atoms with Crippen LogP contribution >= 0.6 is 11.3 Å². The molecule has 1 heterocycles. The predicted molar refractivity (Wildman–Crippen MR) is 78.2 cm³/mol. The minimum absolute atomic E-state index is 0.401. The average molecular weight is 267 g/mol. The molecule has 0 saturated heterocycles. The number of hydrogen-bond acceptors (Lipinski definition) is 3. The van der Waals surface area contributed by atoms with E-state index in [4.69, 9.17) is 4.74 Å². The van der Waals surface area contributed by atoms with Crippen molar-refractivity contribution < 1.29 is 4.74 Å². The normalized spacial score (nSPS) is 26.1. The Morgan fingerprint density at radius 3 is 2.94 bits per heavy atom. The Balaban J connectivity index is 1.99. The highest BCUT2D eigenvalue weighted by molar-refractivity contribution is 7.10. The van der Waals surface area contributed by atoms with Crippen LogP contribution in [0.2, 0.25) is 0 Å². The van der Waals surface area contributed by atoms with Crippen LogP contribution < -0.4 is 5.32 Å². The van der Waals surface area contributed by atoms with Crippen LogP contribution in [0.3, 0.4) is 0 Å². The number of ether oxygens (including phenoxy) is 1. The van der Waals surface area contributed by atoms with Gasteiger partial charge in [-0.2, -0.15) is 0 Å². The first kappa shape index (κ1) is 14.0. The molecule has 18 heavy (non-hydrogen) atoms. The molecule has 1 N–H and O–H groups in total. The zero-order chi connectivity index (χ0) is 12.8. The van der Waals surface area contributed by atoms with Crippen molar-refractivity contribution in [3.05, 3.63) is 22.4 Å². The van der Waals surface area contributed by atoms with Gasteiger partial charge in [-0.05, 0) is 30.7 Å². The number of hydrogen-bond donors (Lipinski definition) is 1. The van der Waals surface area contributed by atoms with Crippen molar-refractivity contribution in [1.29, 1.82) is 0 Å². The van der Waals surface area contributed by atoms with Gasteiger partial charge in [0.1, 0.15) is 0 Å². The van der Waals surface area contributed by atoms with Crippen LogP contribution in [0.25, 0.3) is 0 Å². The Bertz CT molecular complexity index is 325. The summed E-state index contributed by atoms with van der Waals surface area (Å²) in [7, 11) is 1.85. The second-order valence-corrected chi connectivity index (χ2v) is 6.17. The Labute approximate surface area is 115 Å². The zero-order valence-corrected chi connectivity index (χ0v) is 12.3. The first-order valence-corrected chi connectivity index (χ1v) is 8.05. The van der Waals surface area contributed by atoms with Crippen LogP contribution in [-0.4, -0.2) is 19.3 Å². The van der Waals surface area contributed by atoms with Gasteiger partial charge in [0.15, 0.2) is 0 Å². The number of methoxy groups -OCH3 is 1. The third-order valence-corrected chi connectivity index (χ3v) is 4.87. The molecule has 0 amide bonds. The minimum atomic E-state index is 0.401. The van der Waals surface area contributed by atoms with Gasteiger partial charge >= 0.3 is 0 Å². The second-order valence-electron chi connectivity index (χ2n) is 5.19. The van der Waals surface area contributed by atoms with Crippen LogP contribution in [-0.2, 0) is 4.74 Å². The molecule has 0 spiro atoms. The maximum absolute atomic E-state index is 5.64. The maximum atomic E-state index is 5.64. The van der Waals surface area contributed by atoms with Crippen molar-refractivity contribution in [2.75, 3.05) is 7.11 Å². The molecule has 0 aliphatic heterocycles. The van der Waals surface area contributed by atoms with E-state index in [-0.39, 0.29) is 0 Å². The molecule has 1 aliphatic rings. The van der Waals surface area contributed by atoms with Gasteiger partial charge < -0.3 is 10.1 Å². The van der Waals surface area contributed by atoms with Gasteiger partial charge in [0.05, 0.1) is 6.10 Å². The zero-order valence-electron chi connectivity index (χ0n) is 11.5. The van der Waals surface area contributed by atoms with Gasteiger partial charge in [-0.3, -0.25) is 0 Å². The van der Waals surface area contributed by atoms with E-state index < -0.39 is 0 Å². The van der Waals surface area contributed by atoms with E-state index in [9.17, 15) is 0 Å². The number of nitrogens with one attached hydrogen (secondary N) is 1. The lowest BCUT2D eigenvalue weighted by atomic mass is 9.91. The Morgan fingerprint density at radius 2 is 2.28 bits per heavy atom. The largest absolute Gasteiger partial charge is 0.380 e. The number of thiophene rings is 1. The highest BCUT2D eigenvalue weighted by atomic mass is 32.1. The van der Waals surface area contributed by atoms with Crippen LogP contribution in [0.15, 0.2) is 17.5 Å². The fourth-order valence-electron chi connectivity index (χ4n) is 2.91. The van der Waals surface area contributed by atoms with E-state index in [0.717, 1.165) is 0 Å². The SMILES string of the molecule is CCCC(NC1CCCCC1OC)c1cccs1. The highest BCUT2D eigenvalue weighted by Crippen LogP contribution is 2.28. The Kier molecular flexibility index (Phi) is 5.67. The van der Waals surface area contributed by atoms with Crippen molar-refractivity contribution in [3.8, 4) is 0 Å². The molecular weight excluding hydrogens is 242 g/mol. The van der Waals surface area contributed by atoms with Gasteiger partial charge in [0, 0.05) is 24.1 Å². The second kappa shape index (κ2) is 7.27. The van der Waals surface area contributed by atoms with Crippen LogP contribution in [0.4, 0.5) is 0 Å². The molecule has 3 atom stereocenters. The summed E-state index contributed by atoms with van der Waals surface area (Å²) in [4.78, 5) is 1.47. The first-order valence-electron chi connectivity index (χ1n) is 7.17. The molecule has 1 fully saturated rings. The molecule has 1 aromatic rings. The lowest BCUT2D eigenvalue weighted by molar-refractivity contribution is 0.0373. The third-order valence-electron chi connectivity index (χ3n) is 3.88. The minimum Gasteiger partial charge on any atom is -0.380 e. The van der Waals surface area contributed by atoms with E-state index in [1.54, 1.807) is 0 Å². The first-order chi connectivity index (χ1) is 8.85. The van der Waals surface area contributed by atoms with Crippen molar-refractivity contribution in [3.63, 3.8) is 0 Å². The van der Waals surface area contributed by atoms with E-state index in [1.165, 1.54) is 43.4 Å². The van der Waals surface area contributed by atoms with Gasteiger partial charge in [-0.1, -0.05) is 32.3 Å². The summed E-state index contributed by atoms with van der Waals surface area (Å²) in [6.07, 6.45) is 7.95. The molecule has 102 valence electrons. The molecule has 2 nitrogen and oxygen atoms in total. The monoisotopic (exact) mass is 267 g/mol. The predicted octanol–water partition coefficient (Wildman–Crippen LogP) is 4.14. The smallest absolute Gasteiger partial charge is 0.0724 e. The quantitative estimate of drug-likeness (QED) is 0.836. The van der Waals surface area contributed by atoms with Gasteiger partial charge in [-0.25, -0.2) is 0 Å². The number of rotatable bonds is 6. The maximum Gasteiger partial charge on any atom is 0.0724 e. The summed E-state index contributed by atoms with van der Waals surface area (Å²) in [6.45, 7) is 2.26.